The molecule has 2 aliphatic rings. The number of benzene rings is 1. The van der Waals surface area contributed by atoms with Gasteiger partial charge in [-0.2, -0.15) is 11.8 Å². The summed E-state index contributed by atoms with van der Waals surface area (Å²) >= 11 is 1.86. The number of aryl methyl sites for hydroxylation is 1. The fourth-order valence-electron chi connectivity index (χ4n) is 5.22. The molecule has 3 heterocycles. The van der Waals surface area contributed by atoms with E-state index in [1.807, 2.05) is 50.4 Å². The molecule has 10 nitrogen and oxygen atoms in total. The number of aromatic amines is 1. The zero-order valence-corrected chi connectivity index (χ0v) is 25.5. The number of hydrogen-bond acceptors (Lipinski definition) is 7. The number of hydrogen-bond donors (Lipinski definition) is 3. The number of carbonyl (C=O) groups is 2. The molecule has 2 aromatic rings. The van der Waals surface area contributed by atoms with Gasteiger partial charge in [0, 0.05) is 55.0 Å². The zero-order chi connectivity index (χ0) is 29.8. The highest BCUT2D eigenvalue weighted by Crippen LogP contribution is 2.32. The number of pyridine rings is 1. The second-order valence-corrected chi connectivity index (χ2v) is 12.9. The van der Waals surface area contributed by atoms with Crippen LogP contribution >= 0.6 is 11.8 Å². The third-order valence-corrected chi connectivity index (χ3v) is 8.60. The van der Waals surface area contributed by atoms with Crippen molar-refractivity contribution in [2.24, 2.45) is 10.7 Å². The minimum Gasteiger partial charge on any atom is -0.444 e. The molecule has 0 saturated carbocycles. The molecule has 4 N–H and O–H groups in total. The van der Waals surface area contributed by atoms with Gasteiger partial charge in [0.25, 0.3) is 11.5 Å². The molecule has 41 heavy (non-hydrogen) atoms. The standard InChI is InChI=1S/C30H42N6O4S/c1-6-30(10-13-36(14-11-30)28(39)40-29(3,4)5)34-23-9-12-32-26(37)24(23)25(31)33-21-7-8-22(20(2)19-21)27(38)35-15-17-41-18-16-35/h7-9,12,19H,6,10-11,13-18H2,1-5H3,(H2,31,33)(H2,32,34,37). The van der Waals surface area contributed by atoms with E-state index in [1.54, 1.807) is 29.3 Å². The van der Waals surface area contributed by atoms with Crippen LogP contribution in [0.1, 0.15) is 68.4 Å². The fraction of sp³-hybridized carbons (Fsp3) is 0.533. The quantitative estimate of drug-likeness (QED) is 0.337. The van der Waals surface area contributed by atoms with Gasteiger partial charge in [-0.3, -0.25) is 9.59 Å². The molecule has 2 aliphatic heterocycles. The van der Waals surface area contributed by atoms with E-state index in [2.05, 4.69) is 22.2 Å². The summed E-state index contributed by atoms with van der Waals surface area (Å²) in [6.45, 7) is 12.1. The number of aliphatic imine (C=N–C) groups is 1. The van der Waals surface area contributed by atoms with E-state index in [4.69, 9.17) is 10.5 Å². The monoisotopic (exact) mass is 582 g/mol. The maximum atomic E-state index is 13.0. The maximum Gasteiger partial charge on any atom is 0.410 e. The fourth-order valence-corrected chi connectivity index (χ4v) is 6.13. The lowest BCUT2D eigenvalue weighted by Crippen LogP contribution is -2.51. The van der Waals surface area contributed by atoms with Crippen molar-refractivity contribution in [1.29, 1.82) is 0 Å². The predicted octanol–water partition coefficient (Wildman–Crippen LogP) is 4.50. The van der Waals surface area contributed by atoms with Crippen LogP contribution in [-0.2, 0) is 4.74 Å². The van der Waals surface area contributed by atoms with Gasteiger partial charge in [-0.05, 0) is 76.8 Å². The Morgan fingerprint density at radius 3 is 2.41 bits per heavy atom. The first kappa shape index (κ1) is 30.5. The molecule has 0 bridgehead atoms. The number of aromatic nitrogens is 1. The number of likely N-dealkylation sites (tertiary alicyclic amines) is 1. The Morgan fingerprint density at radius 2 is 1.80 bits per heavy atom. The van der Waals surface area contributed by atoms with Gasteiger partial charge in [-0.1, -0.05) is 6.92 Å². The molecule has 0 aliphatic carbocycles. The van der Waals surface area contributed by atoms with Crippen LogP contribution in [0, 0.1) is 6.92 Å². The summed E-state index contributed by atoms with van der Waals surface area (Å²) in [5.41, 5.74) is 8.10. The molecule has 2 saturated heterocycles. The number of amidine groups is 1. The topological polar surface area (TPSA) is 133 Å². The highest BCUT2D eigenvalue weighted by atomic mass is 32.2. The van der Waals surface area contributed by atoms with Gasteiger partial charge in [-0.25, -0.2) is 9.79 Å². The van der Waals surface area contributed by atoms with Crippen molar-refractivity contribution in [3.05, 3.63) is 57.5 Å². The minimum atomic E-state index is -0.549. The molecular formula is C30H42N6O4S. The molecule has 4 rings (SSSR count). The Bertz CT molecular complexity index is 1350. The molecule has 222 valence electrons. The second-order valence-electron chi connectivity index (χ2n) is 11.7. The average molecular weight is 583 g/mol. The van der Waals surface area contributed by atoms with Gasteiger partial charge in [0.1, 0.15) is 17.0 Å². The van der Waals surface area contributed by atoms with Crippen LogP contribution in [0.25, 0.3) is 0 Å². The van der Waals surface area contributed by atoms with Crippen LogP contribution in [0.4, 0.5) is 16.2 Å². The van der Waals surface area contributed by atoms with E-state index in [9.17, 15) is 14.4 Å². The number of carbonyl (C=O) groups excluding carboxylic acids is 2. The number of thioether (sulfide) groups is 1. The van der Waals surface area contributed by atoms with Gasteiger partial charge in [0.2, 0.25) is 0 Å². The molecule has 11 heteroatoms. The lowest BCUT2D eigenvalue weighted by atomic mass is 9.84. The van der Waals surface area contributed by atoms with Crippen molar-refractivity contribution in [3.63, 3.8) is 0 Å². The number of nitrogens with two attached hydrogens (primary N) is 1. The lowest BCUT2D eigenvalue weighted by Gasteiger charge is -2.43. The van der Waals surface area contributed by atoms with Gasteiger partial charge in [0.15, 0.2) is 0 Å². The third kappa shape index (κ3) is 7.44. The van der Waals surface area contributed by atoms with Crippen LogP contribution < -0.4 is 16.6 Å². The largest absolute Gasteiger partial charge is 0.444 e. The normalized spacial score (nSPS) is 17.7. The Morgan fingerprint density at radius 1 is 1.12 bits per heavy atom. The van der Waals surface area contributed by atoms with Crippen LogP contribution in [0.15, 0.2) is 40.2 Å². The number of piperidine rings is 1. The summed E-state index contributed by atoms with van der Waals surface area (Å²) in [5.74, 6) is 2.01. The van der Waals surface area contributed by atoms with E-state index in [0.717, 1.165) is 36.6 Å². The molecule has 0 unspecified atom stereocenters. The van der Waals surface area contributed by atoms with E-state index < -0.39 is 5.60 Å². The lowest BCUT2D eigenvalue weighted by molar-refractivity contribution is 0.0176. The SMILES string of the molecule is CCC1(Nc2cc[nH]c(=O)c2C(N)=Nc2ccc(C(=O)N3CCSCC3)c(C)c2)CCN(C(=O)OC(C)(C)C)CC1. The third-order valence-electron chi connectivity index (χ3n) is 7.65. The van der Waals surface area contributed by atoms with Crippen LogP contribution in [0.3, 0.4) is 0 Å². The molecule has 1 aromatic carbocycles. The van der Waals surface area contributed by atoms with Crippen molar-refractivity contribution in [2.45, 2.75) is 65.0 Å². The van der Waals surface area contributed by atoms with Gasteiger partial charge < -0.3 is 30.6 Å². The zero-order valence-electron chi connectivity index (χ0n) is 24.7. The van der Waals surface area contributed by atoms with E-state index in [-0.39, 0.29) is 34.5 Å². The first-order chi connectivity index (χ1) is 19.4. The van der Waals surface area contributed by atoms with Crippen molar-refractivity contribution < 1.29 is 14.3 Å². The van der Waals surface area contributed by atoms with Crippen LogP contribution in [0.5, 0.6) is 0 Å². The maximum absolute atomic E-state index is 13.0. The Hall–Kier alpha value is -3.47. The molecule has 2 amide bonds. The van der Waals surface area contributed by atoms with Crippen molar-refractivity contribution in [1.82, 2.24) is 14.8 Å². The highest BCUT2D eigenvalue weighted by Gasteiger charge is 2.36. The first-order valence-electron chi connectivity index (χ1n) is 14.2. The summed E-state index contributed by atoms with van der Waals surface area (Å²) in [7, 11) is 0. The molecule has 0 radical (unpaired) electrons. The van der Waals surface area contributed by atoms with Crippen molar-refractivity contribution >= 4 is 41.0 Å². The summed E-state index contributed by atoms with van der Waals surface area (Å²) in [5, 5.41) is 3.59. The molecule has 0 atom stereocenters. The number of nitrogens with zero attached hydrogens (tertiary/aromatic N) is 3. The summed E-state index contributed by atoms with van der Waals surface area (Å²) in [6.07, 6.45) is 3.45. The highest BCUT2D eigenvalue weighted by molar-refractivity contribution is 7.99. The molecule has 1 aromatic heterocycles. The number of rotatable bonds is 6. The first-order valence-corrected chi connectivity index (χ1v) is 15.4. The summed E-state index contributed by atoms with van der Waals surface area (Å²) in [6, 6.07) is 7.16. The Balaban J connectivity index is 1.53. The average Bonchev–Trinajstić information content (AvgIpc) is 2.92. The number of nitrogens with one attached hydrogen (secondary N) is 2. The molecule has 2 fully saturated rings. The summed E-state index contributed by atoms with van der Waals surface area (Å²) < 4.78 is 5.55. The number of amides is 2. The number of H-pyrrole nitrogens is 1. The Labute approximate surface area is 246 Å². The summed E-state index contributed by atoms with van der Waals surface area (Å²) in [4.78, 5) is 49.5. The molecule has 0 spiro atoms. The van der Waals surface area contributed by atoms with Crippen molar-refractivity contribution in [2.75, 3.05) is 43.0 Å². The molecular weight excluding hydrogens is 540 g/mol. The number of ether oxygens (including phenoxy) is 1. The van der Waals surface area contributed by atoms with Crippen LogP contribution in [-0.4, -0.2) is 81.4 Å². The smallest absolute Gasteiger partial charge is 0.410 e. The Kier molecular flexibility index (Phi) is 9.36. The van der Waals surface area contributed by atoms with E-state index in [1.165, 1.54) is 0 Å². The van der Waals surface area contributed by atoms with Gasteiger partial charge >= 0.3 is 6.09 Å². The second kappa shape index (κ2) is 12.6. The minimum absolute atomic E-state index is 0.0277. The number of anilines is 1. The van der Waals surface area contributed by atoms with E-state index >= 15 is 0 Å². The van der Waals surface area contributed by atoms with Gasteiger partial charge in [0.05, 0.1) is 11.4 Å². The predicted molar refractivity (Wildman–Crippen MR) is 166 cm³/mol. The van der Waals surface area contributed by atoms with Crippen LogP contribution in [0.2, 0.25) is 0 Å². The van der Waals surface area contributed by atoms with Gasteiger partial charge in [-0.15, -0.1) is 0 Å². The van der Waals surface area contributed by atoms with E-state index in [0.29, 0.717) is 42.9 Å². The van der Waals surface area contributed by atoms with Crippen molar-refractivity contribution in [3.8, 4) is 0 Å².